The molecule has 0 unspecified atom stereocenters. The molecule has 0 fully saturated rings. The molecule has 0 aliphatic heterocycles. The van der Waals surface area contributed by atoms with Gasteiger partial charge in [-0.15, -0.1) is 0 Å². The fraction of sp³-hybridized carbons (Fsp3) is 0.217. The van der Waals surface area contributed by atoms with Crippen LogP contribution in [0.3, 0.4) is 0 Å². The third-order valence-corrected chi connectivity index (χ3v) is 4.18. The van der Waals surface area contributed by atoms with Gasteiger partial charge in [0, 0.05) is 6.42 Å². The summed E-state index contributed by atoms with van der Waals surface area (Å²) in [6.07, 6.45) is 7.81. The van der Waals surface area contributed by atoms with Crippen LogP contribution in [0.5, 0.6) is 17.2 Å². The molecule has 0 bridgehead atoms. The Bertz CT molecular complexity index is 869. The number of esters is 2. The molecule has 2 aromatic carbocycles. The van der Waals surface area contributed by atoms with Crippen LogP contribution in [0.4, 0.5) is 0 Å². The highest BCUT2D eigenvalue weighted by atomic mass is 16.5. The van der Waals surface area contributed by atoms with E-state index in [4.69, 9.17) is 18.9 Å². The van der Waals surface area contributed by atoms with Crippen LogP contribution in [0, 0.1) is 5.92 Å². The average Bonchev–Trinajstić information content (AvgIpc) is 3.29. The normalized spacial score (nSPS) is 12.6. The van der Waals surface area contributed by atoms with Crippen LogP contribution in [0.25, 0.3) is 0 Å². The van der Waals surface area contributed by atoms with E-state index in [0.717, 1.165) is 0 Å². The van der Waals surface area contributed by atoms with Crippen molar-refractivity contribution < 1.29 is 28.5 Å². The van der Waals surface area contributed by atoms with Gasteiger partial charge in [0.1, 0.15) is 17.2 Å². The first-order valence-corrected chi connectivity index (χ1v) is 9.26. The van der Waals surface area contributed by atoms with Crippen molar-refractivity contribution in [2.24, 2.45) is 5.92 Å². The zero-order valence-corrected chi connectivity index (χ0v) is 16.1. The Morgan fingerprint density at radius 1 is 0.828 bits per heavy atom. The highest BCUT2D eigenvalue weighted by Gasteiger charge is 2.15. The SMILES string of the molecule is COc1ccc(OC(=O)c2ccc(OCCCOC(=O)C3C=CC=C3)cc2)cc1. The van der Waals surface area contributed by atoms with Gasteiger partial charge in [0.25, 0.3) is 0 Å². The van der Waals surface area contributed by atoms with Crippen molar-refractivity contribution in [1.82, 2.24) is 0 Å². The zero-order valence-electron chi connectivity index (χ0n) is 16.1. The predicted octanol–water partition coefficient (Wildman–Crippen LogP) is 3.97. The molecule has 6 nitrogen and oxygen atoms in total. The molecule has 0 radical (unpaired) electrons. The predicted molar refractivity (Wildman–Crippen MR) is 107 cm³/mol. The number of benzene rings is 2. The van der Waals surface area contributed by atoms with E-state index in [2.05, 4.69) is 0 Å². The maximum absolute atomic E-state index is 12.2. The van der Waals surface area contributed by atoms with Crippen molar-refractivity contribution >= 4 is 11.9 Å². The van der Waals surface area contributed by atoms with E-state index in [0.29, 0.717) is 42.4 Å². The number of ether oxygens (including phenoxy) is 4. The van der Waals surface area contributed by atoms with Gasteiger partial charge in [-0.25, -0.2) is 4.79 Å². The minimum absolute atomic E-state index is 0.255. The fourth-order valence-electron chi connectivity index (χ4n) is 2.60. The number of methoxy groups -OCH3 is 1. The number of allylic oxidation sites excluding steroid dienone is 2. The summed E-state index contributed by atoms with van der Waals surface area (Å²) in [7, 11) is 1.57. The van der Waals surface area contributed by atoms with Crippen molar-refractivity contribution in [2.75, 3.05) is 20.3 Å². The van der Waals surface area contributed by atoms with E-state index in [-0.39, 0.29) is 11.9 Å². The van der Waals surface area contributed by atoms with Gasteiger partial charge in [-0.2, -0.15) is 0 Å². The van der Waals surface area contributed by atoms with Crippen LogP contribution in [0.15, 0.2) is 72.8 Å². The Labute approximate surface area is 169 Å². The Hall–Kier alpha value is -3.54. The lowest BCUT2D eigenvalue weighted by molar-refractivity contribution is -0.145. The van der Waals surface area contributed by atoms with Crippen LogP contribution in [-0.2, 0) is 9.53 Å². The molecule has 6 heteroatoms. The number of hydrogen-bond acceptors (Lipinski definition) is 6. The summed E-state index contributed by atoms with van der Waals surface area (Å²) in [5, 5.41) is 0. The second kappa shape index (κ2) is 10.1. The van der Waals surface area contributed by atoms with Crippen molar-refractivity contribution in [2.45, 2.75) is 6.42 Å². The van der Waals surface area contributed by atoms with E-state index in [1.807, 2.05) is 12.2 Å². The topological polar surface area (TPSA) is 71.1 Å². The first-order chi connectivity index (χ1) is 14.2. The first-order valence-electron chi connectivity index (χ1n) is 9.26. The second-order valence-electron chi connectivity index (χ2n) is 6.25. The van der Waals surface area contributed by atoms with Gasteiger partial charge in [-0.1, -0.05) is 24.3 Å². The van der Waals surface area contributed by atoms with Gasteiger partial charge < -0.3 is 18.9 Å². The molecule has 0 heterocycles. The van der Waals surface area contributed by atoms with Gasteiger partial charge in [0.15, 0.2) is 0 Å². The molecule has 150 valence electrons. The molecule has 3 rings (SSSR count). The summed E-state index contributed by atoms with van der Waals surface area (Å²) < 4.78 is 21.2. The maximum Gasteiger partial charge on any atom is 0.343 e. The van der Waals surface area contributed by atoms with Gasteiger partial charge >= 0.3 is 11.9 Å². The van der Waals surface area contributed by atoms with Crippen molar-refractivity contribution in [3.63, 3.8) is 0 Å². The highest BCUT2D eigenvalue weighted by Crippen LogP contribution is 2.19. The third kappa shape index (κ3) is 5.97. The quantitative estimate of drug-likeness (QED) is 0.364. The number of rotatable bonds is 9. The van der Waals surface area contributed by atoms with Crippen molar-refractivity contribution in [3.8, 4) is 17.2 Å². The molecule has 0 aromatic heterocycles. The summed E-state index contributed by atoms with van der Waals surface area (Å²) in [5.41, 5.74) is 0.416. The molecule has 0 atom stereocenters. The smallest absolute Gasteiger partial charge is 0.343 e. The Kier molecular flexibility index (Phi) is 7.05. The maximum atomic E-state index is 12.2. The molecule has 29 heavy (non-hydrogen) atoms. The standard InChI is InChI=1S/C23H22O6/c1-26-19-11-13-21(14-12-19)29-23(25)18-7-9-20(10-8-18)27-15-4-16-28-22(24)17-5-2-3-6-17/h2-3,5-14,17H,4,15-16H2,1H3. The third-order valence-electron chi connectivity index (χ3n) is 4.18. The lowest BCUT2D eigenvalue weighted by Gasteiger charge is -2.09. The molecule has 1 aliphatic rings. The second-order valence-corrected chi connectivity index (χ2v) is 6.25. The first kappa shape index (κ1) is 20.2. The Morgan fingerprint density at radius 2 is 1.45 bits per heavy atom. The highest BCUT2D eigenvalue weighted by molar-refractivity contribution is 5.91. The Morgan fingerprint density at radius 3 is 2.10 bits per heavy atom. The molecule has 0 spiro atoms. The molecule has 2 aromatic rings. The lowest BCUT2D eigenvalue weighted by atomic mass is 10.2. The molecule has 0 saturated heterocycles. The summed E-state index contributed by atoms with van der Waals surface area (Å²) in [6.45, 7) is 0.697. The van der Waals surface area contributed by atoms with Crippen LogP contribution in [-0.4, -0.2) is 32.3 Å². The minimum Gasteiger partial charge on any atom is -0.497 e. The van der Waals surface area contributed by atoms with E-state index >= 15 is 0 Å². The minimum atomic E-state index is -0.455. The van der Waals surface area contributed by atoms with Crippen LogP contribution in [0.1, 0.15) is 16.8 Å². The average molecular weight is 394 g/mol. The fourth-order valence-corrected chi connectivity index (χ4v) is 2.60. The zero-order chi connectivity index (χ0) is 20.5. The molecule has 0 amide bonds. The molecular formula is C23H22O6. The summed E-state index contributed by atoms with van der Waals surface area (Å²) in [6, 6.07) is 13.5. The van der Waals surface area contributed by atoms with Crippen molar-refractivity contribution in [1.29, 1.82) is 0 Å². The van der Waals surface area contributed by atoms with Crippen LogP contribution >= 0.6 is 0 Å². The summed E-state index contributed by atoms with van der Waals surface area (Å²) >= 11 is 0. The van der Waals surface area contributed by atoms with E-state index in [1.165, 1.54) is 0 Å². The summed E-state index contributed by atoms with van der Waals surface area (Å²) in [4.78, 5) is 23.9. The lowest BCUT2D eigenvalue weighted by Crippen LogP contribution is -2.14. The van der Waals surface area contributed by atoms with Crippen molar-refractivity contribution in [3.05, 3.63) is 78.4 Å². The van der Waals surface area contributed by atoms with E-state index < -0.39 is 5.97 Å². The monoisotopic (exact) mass is 394 g/mol. The van der Waals surface area contributed by atoms with Gasteiger partial charge in [-0.05, 0) is 48.5 Å². The Balaban J connectivity index is 1.38. The van der Waals surface area contributed by atoms with Gasteiger partial charge in [0.2, 0.25) is 0 Å². The van der Waals surface area contributed by atoms with Gasteiger partial charge in [-0.3, -0.25) is 4.79 Å². The number of carbonyl (C=O) groups excluding carboxylic acids is 2. The van der Waals surface area contributed by atoms with E-state index in [1.54, 1.807) is 67.8 Å². The molecular weight excluding hydrogens is 372 g/mol. The van der Waals surface area contributed by atoms with Crippen LogP contribution < -0.4 is 14.2 Å². The summed E-state index contributed by atoms with van der Waals surface area (Å²) in [5.74, 6) is 0.765. The molecule has 1 aliphatic carbocycles. The van der Waals surface area contributed by atoms with E-state index in [9.17, 15) is 9.59 Å². The largest absolute Gasteiger partial charge is 0.497 e. The van der Waals surface area contributed by atoms with Crippen LogP contribution in [0.2, 0.25) is 0 Å². The van der Waals surface area contributed by atoms with Gasteiger partial charge in [0.05, 0.1) is 31.8 Å². The molecule has 0 saturated carbocycles. The molecule has 0 N–H and O–H groups in total. The number of hydrogen-bond donors (Lipinski definition) is 0. The number of carbonyl (C=O) groups is 2.